The molecule has 0 bridgehead atoms. The van der Waals surface area contributed by atoms with Crippen LogP contribution in [0.3, 0.4) is 0 Å². The van der Waals surface area contributed by atoms with E-state index in [1.807, 2.05) is 6.07 Å². The normalized spacial score (nSPS) is 45.3. The predicted octanol–water partition coefficient (Wildman–Crippen LogP) is 6.68. The van der Waals surface area contributed by atoms with E-state index in [4.69, 9.17) is 0 Å². The lowest BCUT2D eigenvalue weighted by atomic mass is 9.45. The summed E-state index contributed by atoms with van der Waals surface area (Å²) >= 11 is 0. The second-order valence-electron chi connectivity index (χ2n) is 10.5. The number of hydrogen-bond acceptors (Lipinski definition) is 1. The SMILES string of the molecule is C[C@]12CCCC[C@@H]1CC[C@H]1[C@H]2CC[C@]2(C)C(=O)/C(=C/c3ccccc3)C[C@H]12. The molecule has 144 valence electrons. The van der Waals surface area contributed by atoms with Crippen LogP contribution >= 0.6 is 0 Å². The zero-order chi connectivity index (χ0) is 18.6. The molecule has 1 heteroatoms. The number of carbonyl (C=O) groups is 1. The highest BCUT2D eigenvalue weighted by molar-refractivity contribution is 6.05. The molecule has 4 saturated carbocycles. The molecule has 0 aliphatic heterocycles. The molecule has 0 radical (unpaired) electrons. The number of fused-ring (bicyclic) bond motifs is 5. The molecule has 0 unspecified atom stereocenters. The lowest BCUT2D eigenvalue weighted by Crippen LogP contribution is -2.52. The van der Waals surface area contributed by atoms with E-state index in [2.05, 4.69) is 44.2 Å². The summed E-state index contributed by atoms with van der Waals surface area (Å²) in [6.07, 6.45) is 14.2. The summed E-state index contributed by atoms with van der Waals surface area (Å²) in [5.41, 5.74) is 2.74. The predicted molar refractivity (Wildman–Crippen MR) is 111 cm³/mol. The molecule has 4 aliphatic rings. The Hall–Kier alpha value is -1.37. The van der Waals surface area contributed by atoms with Crippen LogP contribution in [0.2, 0.25) is 0 Å². The highest BCUT2D eigenvalue weighted by Crippen LogP contribution is 2.66. The first-order valence-corrected chi connectivity index (χ1v) is 11.3. The van der Waals surface area contributed by atoms with Gasteiger partial charge in [-0.3, -0.25) is 4.79 Å². The maximum atomic E-state index is 13.4. The van der Waals surface area contributed by atoms with Gasteiger partial charge in [-0.2, -0.15) is 0 Å². The zero-order valence-electron chi connectivity index (χ0n) is 17.0. The minimum Gasteiger partial charge on any atom is -0.294 e. The summed E-state index contributed by atoms with van der Waals surface area (Å²) in [6.45, 7) is 4.92. The fourth-order valence-electron chi connectivity index (χ4n) is 7.85. The third-order valence-corrected chi connectivity index (χ3v) is 9.36. The van der Waals surface area contributed by atoms with Crippen molar-refractivity contribution in [2.45, 2.75) is 71.6 Å². The van der Waals surface area contributed by atoms with Crippen LogP contribution in [-0.2, 0) is 4.79 Å². The Labute approximate surface area is 164 Å². The molecule has 5 rings (SSSR count). The Balaban J connectivity index is 1.47. The van der Waals surface area contributed by atoms with Gasteiger partial charge in [0.2, 0.25) is 0 Å². The van der Waals surface area contributed by atoms with Crippen LogP contribution in [0.4, 0.5) is 0 Å². The van der Waals surface area contributed by atoms with E-state index in [9.17, 15) is 4.79 Å². The second kappa shape index (κ2) is 6.33. The lowest BCUT2D eigenvalue weighted by molar-refractivity contribution is -0.137. The van der Waals surface area contributed by atoms with Gasteiger partial charge in [0.15, 0.2) is 5.78 Å². The largest absolute Gasteiger partial charge is 0.294 e. The summed E-state index contributed by atoms with van der Waals surface area (Å²) < 4.78 is 0. The summed E-state index contributed by atoms with van der Waals surface area (Å²) in [4.78, 5) is 13.4. The van der Waals surface area contributed by atoms with E-state index < -0.39 is 0 Å². The molecule has 0 saturated heterocycles. The van der Waals surface area contributed by atoms with Crippen LogP contribution in [0.15, 0.2) is 35.9 Å². The van der Waals surface area contributed by atoms with Gasteiger partial charge in [-0.15, -0.1) is 0 Å². The van der Waals surface area contributed by atoms with Crippen molar-refractivity contribution in [1.82, 2.24) is 0 Å². The topological polar surface area (TPSA) is 17.1 Å². The summed E-state index contributed by atoms with van der Waals surface area (Å²) in [6, 6.07) is 10.4. The summed E-state index contributed by atoms with van der Waals surface area (Å²) in [5.74, 6) is 3.63. The summed E-state index contributed by atoms with van der Waals surface area (Å²) in [5, 5.41) is 0. The van der Waals surface area contributed by atoms with Crippen LogP contribution in [0.25, 0.3) is 6.08 Å². The fraction of sp³-hybridized carbons (Fsp3) is 0.654. The Morgan fingerprint density at radius 3 is 2.56 bits per heavy atom. The van der Waals surface area contributed by atoms with Gasteiger partial charge in [-0.25, -0.2) is 0 Å². The first kappa shape index (κ1) is 17.7. The van der Waals surface area contributed by atoms with Gasteiger partial charge in [0.05, 0.1) is 0 Å². The lowest BCUT2D eigenvalue weighted by Gasteiger charge is -2.59. The number of carbonyl (C=O) groups excluding carboxylic acids is 1. The molecule has 1 aromatic rings. The number of allylic oxidation sites excluding steroid dienone is 1. The van der Waals surface area contributed by atoms with Crippen LogP contribution in [0, 0.1) is 34.5 Å². The highest BCUT2D eigenvalue weighted by atomic mass is 16.1. The molecule has 1 aromatic carbocycles. The maximum Gasteiger partial charge on any atom is 0.165 e. The molecule has 27 heavy (non-hydrogen) atoms. The Morgan fingerprint density at radius 2 is 1.74 bits per heavy atom. The minimum atomic E-state index is -0.0976. The second-order valence-corrected chi connectivity index (χ2v) is 10.5. The first-order valence-electron chi connectivity index (χ1n) is 11.3. The average molecular weight is 363 g/mol. The van der Waals surface area contributed by atoms with Crippen molar-refractivity contribution in [2.24, 2.45) is 34.5 Å². The monoisotopic (exact) mass is 362 g/mol. The maximum absolute atomic E-state index is 13.4. The van der Waals surface area contributed by atoms with E-state index in [0.717, 1.165) is 36.2 Å². The molecule has 0 amide bonds. The smallest absolute Gasteiger partial charge is 0.165 e. The first-order chi connectivity index (χ1) is 13.0. The standard InChI is InChI=1S/C26H34O/c1-25-14-7-6-10-20(25)11-12-21-22(25)13-15-26(2)23(21)17-19(24(26)27)16-18-8-4-3-5-9-18/h3-5,8-9,16,20-23H,6-7,10-15,17H2,1-2H3/b19-16+/t20-,21+,22-,23-,25+,26+/m1/s1. The van der Waals surface area contributed by atoms with Gasteiger partial charge in [0, 0.05) is 5.41 Å². The number of hydrogen-bond donors (Lipinski definition) is 0. The molecule has 0 spiro atoms. The zero-order valence-corrected chi connectivity index (χ0v) is 17.0. The van der Waals surface area contributed by atoms with Gasteiger partial charge < -0.3 is 0 Å². The van der Waals surface area contributed by atoms with Crippen molar-refractivity contribution in [3.8, 4) is 0 Å². The fourth-order valence-corrected chi connectivity index (χ4v) is 7.85. The summed E-state index contributed by atoms with van der Waals surface area (Å²) in [7, 11) is 0. The Kier molecular flexibility index (Phi) is 4.15. The Bertz CT molecular complexity index is 762. The van der Waals surface area contributed by atoms with Crippen molar-refractivity contribution < 1.29 is 4.79 Å². The van der Waals surface area contributed by atoms with Crippen molar-refractivity contribution in [2.75, 3.05) is 0 Å². The molecule has 6 atom stereocenters. The van der Waals surface area contributed by atoms with Gasteiger partial charge in [-0.05, 0) is 91.2 Å². The molecule has 4 fully saturated rings. The minimum absolute atomic E-state index is 0.0976. The Morgan fingerprint density at radius 1 is 0.926 bits per heavy atom. The molecule has 0 aromatic heterocycles. The van der Waals surface area contributed by atoms with E-state index >= 15 is 0 Å². The highest BCUT2D eigenvalue weighted by Gasteiger charge is 2.60. The van der Waals surface area contributed by atoms with Gasteiger partial charge in [-0.1, -0.05) is 57.0 Å². The average Bonchev–Trinajstić information content (AvgIpc) is 2.93. The van der Waals surface area contributed by atoms with E-state index in [1.165, 1.54) is 50.5 Å². The third kappa shape index (κ3) is 2.60. The molecular weight excluding hydrogens is 328 g/mol. The number of benzene rings is 1. The van der Waals surface area contributed by atoms with Crippen LogP contribution in [0.5, 0.6) is 0 Å². The van der Waals surface area contributed by atoms with Gasteiger partial charge in [0.25, 0.3) is 0 Å². The number of rotatable bonds is 1. The van der Waals surface area contributed by atoms with Crippen LogP contribution in [0.1, 0.15) is 77.2 Å². The van der Waals surface area contributed by atoms with Crippen LogP contribution in [-0.4, -0.2) is 5.78 Å². The van der Waals surface area contributed by atoms with Crippen molar-refractivity contribution >= 4 is 11.9 Å². The number of Topliss-reactive ketones (excluding diaryl/α,β-unsaturated/α-hetero) is 1. The third-order valence-electron chi connectivity index (χ3n) is 9.36. The van der Waals surface area contributed by atoms with E-state index in [-0.39, 0.29) is 5.41 Å². The molecule has 1 nitrogen and oxygen atoms in total. The van der Waals surface area contributed by atoms with Gasteiger partial charge in [0.1, 0.15) is 0 Å². The molecule has 4 aliphatic carbocycles. The van der Waals surface area contributed by atoms with Crippen molar-refractivity contribution in [3.05, 3.63) is 41.5 Å². The quantitative estimate of drug-likeness (QED) is 0.509. The van der Waals surface area contributed by atoms with Crippen molar-refractivity contribution in [3.63, 3.8) is 0 Å². The van der Waals surface area contributed by atoms with Gasteiger partial charge >= 0.3 is 0 Å². The van der Waals surface area contributed by atoms with E-state index in [1.54, 1.807) is 0 Å². The molecule has 0 heterocycles. The van der Waals surface area contributed by atoms with Crippen LogP contribution < -0.4 is 0 Å². The van der Waals surface area contributed by atoms with Crippen molar-refractivity contribution in [1.29, 1.82) is 0 Å². The number of ketones is 1. The molecule has 0 N–H and O–H groups in total. The van der Waals surface area contributed by atoms with E-state index in [0.29, 0.717) is 17.1 Å². The molecular formula is C26H34O.